The van der Waals surface area contributed by atoms with Gasteiger partial charge in [-0.2, -0.15) is 0 Å². The third kappa shape index (κ3) is 2.15. The van der Waals surface area contributed by atoms with Gasteiger partial charge in [0.1, 0.15) is 12.4 Å². The smallest absolute Gasteiger partial charge is 0.418 e. The molecule has 4 nitrogen and oxygen atoms in total. The minimum absolute atomic E-state index is 0.0631. The normalized spacial score (nSPS) is 10.3. The minimum Gasteiger partial charge on any atom is -0.445 e. The number of carbonyl (C=O) groups is 1. The Hall–Kier alpha value is -2.43. The summed E-state index contributed by atoms with van der Waals surface area (Å²) in [7, 11) is 0. The third-order valence-electron chi connectivity index (χ3n) is 2.38. The molecule has 0 saturated heterocycles. The zero-order valence-electron chi connectivity index (χ0n) is 9.43. The van der Waals surface area contributed by atoms with E-state index in [4.69, 9.17) is 4.74 Å². The molecule has 0 atom stereocenters. The molecule has 0 amide bonds. The molecule has 1 aromatic heterocycles. The van der Waals surface area contributed by atoms with Crippen LogP contribution in [-0.4, -0.2) is 17.3 Å². The van der Waals surface area contributed by atoms with Gasteiger partial charge in [-0.15, -0.1) is 0 Å². The largest absolute Gasteiger partial charge is 0.445 e. The van der Waals surface area contributed by atoms with E-state index in [1.807, 2.05) is 0 Å². The summed E-state index contributed by atoms with van der Waals surface area (Å²) in [6.45, 7) is 3.49. The van der Waals surface area contributed by atoms with Crippen LogP contribution in [-0.2, 0) is 4.74 Å². The average Bonchev–Trinajstić information content (AvgIpc) is 2.37. The van der Waals surface area contributed by atoms with Crippen LogP contribution in [0, 0.1) is 5.82 Å². The molecular formula is C13H10FNO3. The molecule has 92 valence electrons. The van der Waals surface area contributed by atoms with Gasteiger partial charge in [-0.25, -0.2) is 9.18 Å². The summed E-state index contributed by atoms with van der Waals surface area (Å²) in [6.07, 6.45) is 2.09. The van der Waals surface area contributed by atoms with Gasteiger partial charge in [0.05, 0.1) is 5.52 Å². The lowest BCUT2D eigenvalue weighted by atomic mass is 10.2. The molecule has 0 radical (unpaired) electrons. The first-order valence-corrected chi connectivity index (χ1v) is 5.22. The maximum Gasteiger partial charge on any atom is 0.418 e. The van der Waals surface area contributed by atoms with Crippen LogP contribution in [0.1, 0.15) is 0 Å². The molecule has 2 rings (SSSR count). The van der Waals surface area contributed by atoms with Crippen LogP contribution in [0.25, 0.3) is 10.9 Å². The second kappa shape index (κ2) is 4.83. The number of carbonyl (C=O) groups excluding carboxylic acids is 1. The molecule has 5 heteroatoms. The lowest BCUT2D eigenvalue weighted by molar-refractivity contribution is 0.161. The highest BCUT2D eigenvalue weighted by molar-refractivity contribution is 5.87. The summed E-state index contributed by atoms with van der Waals surface area (Å²) in [5, 5.41) is 0.132. The van der Waals surface area contributed by atoms with Crippen LogP contribution in [0.4, 0.5) is 9.18 Å². The van der Waals surface area contributed by atoms with E-state index in [0.717, 1.165) is 10.6 Å². The van der Waals surface area contributed by atoms with Crippen molar-refractivity contribution in [2.24, 2.45) is 0 Å². The van der Waals surface area contributed by atoms with E-state index < -0.39 is 11.9 Å². The Labute approximate surface area is 102 Å². The zero-order valence-corrected chi connectivity index (χ0v) is 9.43. The Balaban J connectivity index is 2.59. The summed E-state index contributed by atoms with van der Waals surface area (Å²) in [6, 6.07) is 4.83. The Morgan fingerprint density at radius 2 is 2.22 bits per heavy atom. The topological polar surface area (TPSA) is 48.3 Å². The maximum atomic E-state index is 13.1. The fourth-order valence-electron chi connectivity index (χ4n) is 1.59. The molecule has 1 heterocycles. The SMILES string of the molecule is C=CCOC(=O)n1ccc(=O)c2cc(F)ccc21. The van der Waals surface area contributed by atoms with E-state index in [0.29, 0.717) is 5.52 Å². The van der Waals surface area contributed by atoms with Gasteiger partial charge >= 0.3 is 6.09 Å². The van der Waals surface area contributed by atoms with E-state index in [-0.39, 0.29) is 17.4 Å². The van der Waals surface area contributed by atoms with E-state index in [2.05, 4.69) is 6.58 Å². The summed E-state index contributed by atoms with van der Waals surface area (Å²) >= 11 is 0. The molecule has 0 aliphatic heterocycles. The third-order valence-corrected chi connectivity index (χ3v) is 2.38. The van der Waals surface area contributed by atoms with Crippen LogP contribution in [0.3, 0.4) is 0 Å². The number of pyridine rings is 1. The summed E-state index contributed by atoms with van der Waals surface area (Å²) in [4.78, 5) is 23.3. The van der Waals surface area contributed by atoms with Crippen molar-refractivity contribution < 1.29 is 13.9 Å². The molecule has 0 N–H and O–H groups in total. The zero-order chi connectivity index (χ0) is 13.1. The fraction of sp³-hybridized carbons (Fsp3) is 0.0769. The molecule has 1 aromatic carbocycles. The van der Waals surface area contributed by atoms with Gasteiger partial charge in [-0.1, -0.05) is 12.7 Å². The molecule has 0 bridgehead atoms. The number of fused-ring (bicyclic) bond motifs is 1. The average molecular weight is 247 g/mol. The van der Waals surface area contributed by atoms with Crippen molar-refractivity contribution in [3.8, 4) is 0 Å². The number of benzene rings is 1. The first-order valence-electron chi connectivity index (χ1n) is 5.22. The number of halogens is 1. The highest BCUT2D eigenvalue weighted by Gasteiger charge is 2.10. The van der Waals surface area contributed by atoms with Crippen LogP contribution in [0.2, 0.25) is 0 Å². The van der Waals surface area contributed by atoms with E-state index in [9.17, 15) is 14.0 Å². The van der Waals surface area contributed by atoms with Crippen molar-refractivity contribution in [1.82, 2.24) is 4.57 Å². The highest BCUT2D eigenvalue weighted by Crippen LogP contribution is 2.12. The Morgan fingerprint density at radius 1 is 1.44 bits per heavy atom. The van der Waals surface area contributed by atoms with Gasteiger partial charge in [0.25, 0.3) is 0 Å². The minimum atomic E-state index is -0.647. The lowest BCUT2D eigenvalue weighted by Gasteiger charge is -2.08. The van der Waals surface area contributed by atoms with Crippen molar-refractivity contribution >= 4 is 17.0 Å². The number of hydrogen-bond acceptors (Lipinski definition) is 3. The number of ether oxygens (including phenoxy) is 1. The predicted molar refractivity (Wildman–Crippen MR) is 65.1 cm³/mol. The van der Waals surface area contributed by atoms with Crippen LogP contribution >= 0.6 is 0 Å². The van der Waals surface area contributed by atoms with E-state index in [1.165, 1.54) is 30.5 Å². The highest BCUT2D eigenvalue weighted by atomic mass is 19.1. The Morgan fingerprint density at radius 3 is 2.94 bits per heavy atom. The van der Waals surface area contributed by atoms with Gasteiger partial charge in [0, 0.05) is 17.6 Å². The molecule has 0 saturated carbocycles. The first kappa shape index (κ1) is 12.0. The predicted octanol–water partition coefficient (Wildman–Crippen LogP) is 2.31. The number of rotatable bonds is 2. The van der Waals surface area contributed by atoms with E-state index in [1.54, 1.807) is 0 Å². The van der Waals surface area contributed by atoms with Crippen LogP contribution in [0.15, 0.2) is 47.9 Å². The summed E-state index contributed by atoms with van der Waals surface area (Å²) < 4.78 is 19.1. The molecule has 18 heavy (non-hydrogen) atoms. The molecule has 0 unspecified atom stereocenters. The van der Waals surface area contributed by atoms with Crippen molar-refractivity contribution in [2.75, 3.05) is 6.61 Å². The second-order valence-electron chi connectivity index (χ2n) is 3.58. The lowest BCUT2D eigenvalue weighted by Crippen LogP contribution is -2.17. The van der Waals surface area contributed by atoms with Crippen LogP contribution in [0.5, 0.6) is 0 Å². The Bertz CT molecular complexity index is 675. The molecule has 0 aliphatic rings. The van der Waals surface area contributed by atoms with Crippen molar-refractivity contribution in [2.45, 2.75) is 0 Å². The summed E-state index contributed by atoms with van der Waals surface area (Å²) in [5.74, 6) is -0.531. The second-order valence-corrected chi connectivity index (χ2v) is 3.58. The molecular weight excluding hydrogens is 237 g/mol. The van der Waals surface area contributed by atoms with Gasteiger partial charge in [-0.05, 0) is 18.2 Å². The quantitative estimate of drug-likeness (QED) is 0.765. The molecule has 0 aliphatic carbocycles. The molecule has 2 aromatic rings. The first-order chi connectivity index (χ1) is 8.63. The van der Waals surface area contributed by atoms with Gasteiger partial charge in [0.2, 0.25) is 0 Å². The molecule has 0 fully saturated rings. The fourth-order valence-corrected chi connectivity index (χ4v) is 1.59. The van der Waals surface area contributed by atoms with Gasteiger partial charge in [0.15, 0.2) is 5.43 Å². The standard InChI is InChI=1S/C13H10FNO3/c1-2-7-18-13(17)15-6-5-12(16)10-8-9(14)3-4-11(10)15/h2-6,8H,1,7H2. The van der Waals surface area contributed by atoms with Gasteiger partial charge < -0.3 is 4.74 Å². The monoisotopic (exact) mass is 247 g/mol. The van der Waals surface area contributed by atoms with E-state index >= 15 is 0 Å². The van der Waals surface area contributed by atoms with Crippen LogP contribution < -0.4 is 5.43 Å². The number of nitrogens with zero attached hydrogens (tertiary/aromatic N) is 1. The number of hydrogen-bond donors (Lipinski definition) is 0. The molecule has 0 spiro atoms. The van der Waals surface area contributed by atoms with Crippen molar-refractivity contribution in [3.05, 3.63) is 59.2 Å². The van der Waals surface area contributed by atoms with Crippen molar-refractivity contribution in [1.29, 1.82) is 0 Å². The number of aromatic nitrogens is 1. The summed E-state index contributed by atoms with van der Waals surface area (Å²) in [5.41, 5.74) is -0.0461. The Kier molecular flexibility index (Phi) is 3.23. The van der Waals surface area contributed by atoms with Gasteiger partial charge in [-0.3, -0.25) is 9.36 Å². The maximum absolute atomic E-state index is 13.1. The van der Waals surface area contributed by atoms with Crippen molar-refractivity contribution in [3.63, 3.8) is 0 Å².